The van der Waals surface area contributed by atoms with E-state index in [1.165, 1.54) is 18.2 Å². The fraction of sp³-hybridized carbons (Fsp3) is 0.357. The maximum absolute atomic E-state index is 13.0. The molecule has 22 heavy (non-hydrogen) atoms. The number of carbonyl (C=O) groups excluding carboxylic acids is 1. The smallest absolute Gasteiger partial charge is 0.319 e. The van der Waals surface area contributed by atoms with Crippen LogP contribution in [0.15, 0.2) is 24.3 Å². The third-order valence-electron chi connectivity index (χ3n) is 3.01. The van der Waals surface area contributed by atoms with E-state index < -0.39 is 11.8 Å². The zero-order valence-electron chi connectivity index (χ0n) is 12.4. The molecule has 0 bridgehead atoms. The Balaban J connectivity index is 1.87. The van der Waals surface area contributed by atoms with Gasteiger partial charge in [0.25, 0.3) is 0 Å². The van der Waals surface area contributed by atoms with Crippen LogP contribution in [-0.4, -0.2) is 27.3 Å². The van der Waals surface area contributed by atoms with E-state index in [1.807, 2.05) is 18.4 Å². The minimum Gasteiger partial charge on any atom is -0.336 e. The molecule has 6 nitrogen and oxygen atoms in total. The lowest BCUT2D eigenvalue weighted by molar-refractivity contribution is 0.251. The van der Waals surface area contributed by atoms with Crippen molar-refractivity contribution in [2.24, 2.45) is 0 Å². The van der Waals surface area contributed by atoms with Crippen molar-refractivity contribution >= 4 is 23.9 Å². The molecule has 118 valence electrons. The second kappa shape index (κ2) is 7.17. The zero-order valence-corrected chi connectivity index (χ0v) is 13.2. The van der Waals surface area contributed by atoms with Crippen LogP contribution in [0.4, 0.5) is 14.9 Å². The van der Waals surface area contributed by atoms with E-state index >= 15 is 0 Å². The summed E-state index contributed by atoms with van der Waals surface area (Å²) in [7, 11) is 0. The maximum atomic E-state index is 13.0. The minimum absolute atomic E-state index is 0.231. The number of benzene rings is 1. The first-order valence-electron chi connectivity index (χ1n) is 6.93. The predicted octanol–water partition coefficient (Wildman–Crippen LogP) is 3.02. The Morgan fingerprint density at radius 2 is 2.27 bits per heavy atom. The summed E-state index contributed by atoms with van der Waals surface area (Å²) in [5, 5.41) is 12.2. The van der Waals surface area contributed by atoms with Crippen molar-refractivity contribution in [1.29, 1.82) is 0 Å². The van der Waals surface area contributed by atoms with Crippen molar-refractivity contribution in [3.8, 4) is 0 Å². The second-order valence-corrected chi connectivity index (χ2v) is 5.47. The summed E-state index contributed by atoms with van der Waals surface area (Å²) in [5.74, 6) is 0.676. The van der Waals surface area contributed by atoms with Crippen LogP contribution in [-0.2, 0) is 6.54 Å². The highest BCUT2D eigenvalue weighted by molar-refractivity contribution is 7.71. The normalized spacial score (nSPS) is 10.7. The Hall–Kier alpha value is -2.22. The van der Waals surface area contributed by atoms with Crippen LogP contribution in [0.1, 0.15) is 25.6 Å². The van der Waals surface area contributed by atoms with Crippen LogP contribution >= 0.6 is 12.2 Å². The number of carbonyl (C=O) groups is 1. The Bertz CT molecular complexity index is 709. The second-order valence-electron chi connectivity index (χ2n) is 5.08. The number of nitrogens with zero attached hydrogens (tertiary/aromatic N) is 2. The molecule has 1 aromatic heterocycles. The van der Waals surface area contributed by atoms with Crippen molar-refractivity contribution in [3.63, 3.8) is 0 Å². The van der Waals surface area contributed by atoms with Gasteiger partial charge in [-0.15, -0.1) is 0 Å². The first-order chi connectivity index (χ1) is 10.5. The molecule has 0 fully saturated rings. The molecule has 0 unspecified atom stereocenters. The number of anilines is 1. The lowest BCUT2D eigenvalue weighted by atomic mass is 10.2. The molecule has 3 N–H and O–H groups in total. The quantitative estimate of drug-likeness (QED) is 0.740. The number of urea groups is 1. The number of hydrogen-bond acceptors (Lipinski definition) is 3. The highest BCUT2D eigenvalue weighted by Crippen LogP contribution is 2.11. The molecule has 0 spiro atoms. The van der Waals surface area contributed by atoms with Crippen molar-refractivity contribution < 1.29 is 9.18 Å². The van der Waals surface area contributed by atoms with Gasteiger partial charge in [-0.1, -0.05) is 19.9 Å². The van der Waals surface area contributed by atoms with E-state index in [0.717, 1.165) is 5.82 Å². The molecule has 0 radical (unpaired) electrons. The van der Waals surface area contributed by atoms with Gasteiger partial charge in [-0.25, -0.2) is 9.18 Å². The number of H-pyrrole nitrogens is 1. The fourth-order valence-electron chi connectivity index (χ4n) is 2.01. The van der Waals surface area contributed by atoms with E-state index in [9.17, 15) is 9.18 Å². The highest BCUT2D eigenvalue weighted by Gasteiger charge is 2.10. The average molecular weight is 323 g/mol. The van der Waals surface area contributed by atoms with Gasteiger partial charge < -0.3 is 15.2 Å². The van der Waals surface area contributed by atoms with Gasteiger partial charge in [0.1, 0.15) is 11.6 Å². The molecule has 0 saturated carbocycles. The van der Waals surface area contributed by atoms with Gasteiger partial charge in [-0.3, -0.25) is 5.10 Å². The summed E-state index contributed by atoms with van der Waals surface area (Å²) in [6, 6.07) is 5.32. The van der Waals surface area contributed by atoms with E-state index in [2.05, 4.69) is 20.8 Å². The molecule has 8 heteroatoms. The predicted molar refractivity (Wildman–Crippen MR) is 84.9 cm³/mol. The standard InChI is InChI=1S/C14H18FN5OS/c1-9(2)12-18-19-14(22)20(12)7-6-16-13(21)17-11-5-3-4-10(15)8-11/h3-5,8-9H,6-7H2,1-2H3,(H,19,22)(H2,16,17,21). The largest absolute Gasteiger partial charge is 0.336 e. The lowest BCUT2D eigenvalue weighted by Crippen LogP contribution is -2.31. The molecule has 0 atom stereocenters. The molecule has 0 saturated heterocycles. The van der Waals surface area contributed by atoms with Crippen LogP contribution in [0.25, 0.3) is 0 Å². The van der Waals surface area contributed by atoms with Crippen LogP contribution < -0.4 is 10.6 Å². The Morgan fingerprint density at radius 3 is 2.95 bits per heavy atom. The number of hydrogen-bond donors (Lipinski definition) is 3. The highest BCUT2D eigenvalue weighted by atomic mass is 32.1. The van der Waals surface area contributed by atoms with E-state index in [4.69, 9.17) is 12.2 Å². The van der Waals surface area contributed by atoms with Crippen molar-refractivity contribution in [2.75, 3.05) is 11.9 Å². The third-order valence-corrected chi connectivity index (χ3v) is 3.32. The molecule has 2 amide bonds. The average Bonchev–Trinajstić information content (AvgIpc) is 2.80. The van der Waals surface area contributed by atoms with Crippen molar-refractivity contribution in [3.05, 3.63) is 40.7 Å². The first-order valence-corrected chi connectivity index (χ1v) is 7.33. The van der Waals surface area contributed by atoms with Crippen molar-refractivity contribution in [2.45, 2.75) is 26.3 Å². The number of aromatic nitrogens is 3. The monoisotopic (exact) mass is 323 g/mol. The number of nitrogens with one attached hydrogen (secondary N) is 3. The summed E-state index contributed by atoms with van der Waals surface area (Å²) < 4.78 is 15.4. The van der Waals surface area contributed by atoms with Crippen LogP contribution in [0, 0.1) is 10.6 Å². The number of rotatable bonds is 5. The summed E-state index contributed by atoms with van der Waals surface area (Å²) in [6.07, 6.45) is 0. The summed E-state index contributed by atoms with van der Waals surface area (Å²) in [5.41, 5.74) is 0.403. The summed E-state index contributed by atoms with van der Waals surface area (Å²) >= 11 is 5.17. The van der Waals surface area contributed by atoms with Gasteiger partial charge in [-0.2, -0.15) is 5.10 Å². The van der Waals surface area contributed by atoms with E-state index in [0.29, 0.717) is 23.5 Å². The maximum Gasteiger partial charge on any atom is 0.319 e. The third kappa shape index (κ3) is 4.14. The Morgan fingerprint density at radius 1 is 1.50 bits per heavy atom. The Kier molecular flexibility index (Phi) is 5.26. The number of amides is 2. The van der Waals surface area contributed by atoms with Gasteiger partial charge in [0, 0.05) is 24.7 Å². The molecule has 0 aliphatic heterocycles. The van der Waals surface area contributed by atoms with Gasteiger partial charge in [-0.05, 0) is 30.4 Å². The zero-order chi connectivity index (χ0) is 16.1. The van der Waals surface area contributed by atoms with E-state index in [1.54, 1.807) is 6.07 Å². The van der Waals surface area contributed by atoms with Gasteiger partial charge >= 0.3 is 6.03 Å². The molecule has 0 aliphatic rings. The molecular weight excluding hydrogens is 305 g/mol. The molecule has 0 aliphatic carbocycles. The van der Waals surface area contributed by atoms with Crippen LogP contribution in [0.5, 0.6) is 0 Å². The number of halogens is 1. The molecule has 2 aromatic rings. The van der Waals surface area contributed by atoms with Gasteiger partial charge in [0.2, 0.25) is 0 Å². The molecular formula is C14H18FN5OS. The van der Waals surface area contributed by atoms with Gasteiger partial charge in [0.15, 0.2) is 4.77 Å². The molecule has 2 rings (SSSR count). The van der Waals surface area contributed by atoms with Crippen LogP contribution in [0.3, 0.4) is 0 Å². The SMILES string of the molecule is CC(C)c1n[nH]c(=S)n1CCNC(=O)Nc1cccc(F)c1. The summed E-state index contributed by atoms with van der Waals surface area (Å²) in [4.78, 5) is 11.8. The Labute approximate surface area is 132 Å². The molecule has 1 heterocycles. The van der Waals surface area contributed by atoms with Crippen molar-refractivity contribution in [1.82, 2.24) is 20.1 Å². The molecule has 1 aromatic carbocycles. The van der Waals surface area contributed by atoms with E-state index in [-0.39, 0.29) is 5.92 Å². The van der Waals surface area contributed by atoms with Gasteiger partial charge in [0.05, 0.1) is 0 Å². The fourth-order valence-corrected chi connectivity index (χ4v) is 2.24. The number of aromatic amines is 1. The topological polar surface area (TPSA) is 74.7 Å². The summed E-state index contributed by atoms with van der Waals surface area (Å²) in [6.45, 7) is 4.94. The first kappa shape index (κ1) is 16.2. The lowest BCUT2D eigenvalue weighted by Gasteiger charge is -2.11. The minimum atomic E-state index is -0.399. The van der Waals surface area contributed by atoms with Crippen LogP contribution in [0.2, 0.25) is 0 Å².